The molecule has 2 aromatic rings. The number of sulfonamides is 1. The van der Waals surface area contributed by atoms with Gasteiger partial charge in [-0.05, 0) is 68.3 Å². The fraction of sp³-hybridized carbons (Fsp3) is 0.375. The van der Waals surface area contributed by atoms with Crippen molar-refractivity contribution >= 4 is 33.7 Å². The number of rotatable bonds is 8. The summed E-state index contributed by atoms with van der Waals surface area (Å²) in [6.45, 7) is 1.47. The second-order valence-electron chi connectivity index (χ2n) is 8.43. The number of carboxylic acid groups (broad SMARTS) is 1. The van der Waals surface area contributed by atoms with Crippen molar-refractivity contribution < 1.29 is 37.4 Å². The summed E-state index contributed by atoms with van der Waals surface area (Å²) in [4.78, 5) is 39.6. The van der Waals surface area contributed by atoms with Gasteiger partial charge >= 0.3 is 12.1 Å². The highest BCUT2D eigenvalue weighted by Gasteiger charge is 2.43. The third-order valence-corrected chi connectivity index (χ3v) is 7.74. The summed E-state index contributed by atoms with van der Waals surface area (Å²) in [5.74, 6) is -1.21. The van der Waals surface area contributed by atoms with Gasteiger partial charge in [-0.25, -0.2) is 18.0 Å². The SMILES string of the molecule is COc1ccc(S(=O)(=O)N2CCC[C@H]2C(=O)N(c2ccc(OC(=O)N(C)C)cc2)[C@@H](C)C(=O)O)cc1. The van der Waals surface area contributed by atoms with Crippen molar-refractivity contribution in [3.8, 4) is 11.5 Å². The molecule has 1 saturated heterocycles. The van der Waals surface area contributed by atoms with Gasteiger partial charge in [-0.3, -0.25) is 9.69 Å². The van der Waals surface area contributed by atoms with Crippen LogP contribution in [0.5, 0.6) is 11.5 Å². The number of anilines is 1. The van der Waals surface area contributed by atoms with E-state index < -0.39 is 40.1 Å². The zero-order valence-corrected chi connectivity index (χ0v) is 21.3. The van der Waals surface area contributed by atoms with Gasteiger partial charge in [0.05, 0.1) is 12.0 Å². The molecule has 1 heterocycles. The highest BCUT2D eigenvalue weighted by atomic mass is 32.2. The molecule has 194 valence electrons. The van der Waals surface area contributed by atoms with Gasteiger partial charge in [-0.1, -0.05) is 0 Å². The second kappa shape index (κ2) is 11.0. The van der Waals surface area contributed by atoms with Crippen LogP contribution in [0.25, 0.3) is 0 Å². The minimum absolute atomic E-state index is 0.00731. The maximum absolute atomic E-state index is 13.7. The summed E-state index contributed by atoms with van der Waals surface area (Å²) in [6.07, 6.45) is 0.0933. The van der Waals surface area contributed by atoms with Gasteiger partial charge in [0.1, 0.15) is 23.6 Å². The first-order valence-electron chi connectivity index (χ1n) is 11.2. The lowest BCUT2D eigenvalue weighted by Crippen LogP contribution is -2.52. The fourth-order valence-electron chi connectivity index (χ4n) is 3.84. The van der Waals surface area contributed by atoms with Crippen LogP contribution in [0.15, 0.2) is 53.4 Å². The first kappa shape index (κ1) is 27.0. The molecule has 1 aliphatic rings. The molecule has 2 amide bonds. The van der Waals surface area contributed by atoms with Crippen LogP contribution in [0.2, 0.25) is 0 Å². The van der Waals surface area contributed by atoms with Crippen LogP contribution in [-0.4, -0.2) is 80.5 Å². The average Bonchev–Trinajstić information content (AvgIpc) is 3.36. The largest absolute Gasteiger partial charge is 0.497 e. The lowest BCUT2D eigenvalue weighted by atomic mass is 10.1. The summed E-state index contributed by atoms with van der Waals surface area (Å²) in [5, 5.41) is 9.68. The Bertz CT molecular complexity index is 1210. The van der Waals surface area contributed by atoms with Crippen LogP contribution in [0.1, 0.15) is 19.8 Å². The van der Waals surface area contributed by atoms with Crippen LogP contribution in [-0.2, 0) is 19.6 Å². The highest BCUT2D eigenvalue weighted by molar-refractivity contribution is 7.89. The fourth-order valence-corrected chi connectivity index (χ4v) is 5.49. The van der Waals surface area contributed by atoms with Crippen molar-refractivity contribution in [1.29, 1.82) is 0 Å². The van der Waals surface area contributed by atoms with E-state index in [-0.39, 0.29) is 29.3 Å². The molecule has 36 heavy (non-hydrogen) atoms. The van der Waals surface area contributed by atoms with Crippen LogP contribution in [0.3, 0.4) is 0 Å². The second-order valence-corrected chi connectivity index (χ2v) is 10.3. The molecule has 12 heteroatoms. The molecule has 0 spiro atoms. The van der Waals surface area contributed by atoms with E-state index in [9.17, 15) is 27.9 Å². The monoisotopic (exact) mass is 519 g/mol. The quantitative estimate of drug-likeness (QED) is 0.562. The molecule has 2 atom stereocenters. The molecule has 11 nitrogen and oxygen atoms in total. The normalized spacial score (nSPS) is 16.7. The number of carbonyl (C=O) groups excluding carboxylic acids is 2. The third kappa shape index (κ3) is 5.60. The third-order valence-electron chi connectivity index (χ3n) is 5.82. The van der Waals surface area contributed by atoms with E-state index in [4.69, 9.17) is 9.47 Å². The van der Waals surface area contributed by atoms with Crippen LogP contribution in [0, 0.1) is 0 Å². The highest BCUT2D eigenvalue weighted by Crippen LogP contribution is 2.31. The van der Waals surface area contributed by atoms with E-state index in [1.165, 1.54) is 81.6 Å². The predicted molar refractivity (Wildman–Crippen MR) is 131 cm³/mol. The molecule has 0 unspecified atom stereocenters. The van der Waals surface area contributed by atoms with Crippen molar-refractivity contribution in [3.63, 3.8) is 0 Å². The number of carbonyl (C=O) groups is 3. The Labute approximate surface area is 209 Å². The molecule has 0 saturated carbocycles. The number of hydrogen-bond acceptors (Lipinski definition) is 7. The van der Waals surface area contributed by atoms with Crippen molar-refractivity contribution in [1.82, 2.24) is 9.21 Å². The van der Waals surface area contributed by atoms with E-state index in [0.29, 0.717) is 12.2 Å². The molecular formula is C24H29N3O8S. The molecule has 1 fully saturated rings. The Morgan fingerprint density at radius 1 is 1.03 bits per heavy atom. The predicted octanol–water partition coefficient (Wildman–Crippen LogP) is 2.42. The number of methoxy groups -OCH3 is 1. The summed E-state index contributed by atoms with van der Waals surface area (Å²) in [7, 11) is 0.494. The number of carboxylic acids is 1. The van der Waals surface area contributed by atoms with E-state index >= 15 is 0 Å². The number of aliphatic carboxylic acids is 1. The van der Waals surface area contributed by atoms with Crippen molar-refractivity contribution in [3.05, 3.63) is 48.5 Å². The standard InChI is InChI=1S/C24H29N3O8S/c1-16(23(29)30)27(17-7-9-19(10-8-17)35-24(31)25(2)3)22(28)21-6-5-15-26(21)36(32,33)20-13-11-18(34-4)12-14-20/h7-14,16,21H,5-6,15H2,1-4H3,(H,29,30)/t16-,21-/m0/s1. The van der Waals surface area contributed by atoms with E-state index in [1.807, 2.05) is 0 Å². The smallest absolute Gasteiger partial charge is 0.414 e. The van der Waals surface area contributed by atoms with Gasteiger partial charge in [0.15, 0.2) is 0 Å². The van der Waals surface area contributed by atoms with Gasteiger partial charge in [-0.2, -0.15) is 4.31 Å². The summed E-state index contributed by atoms with van der Waals surface area (Å²) in [6, 6.07) is 9.26. The number of amides is 2. The number of hydrogen-bond donors (Lipinski definition) is 1. The first-order chi connectivity index (χ1) is 17.0. The van der Waals surface area contributed by atoms with Gasteiger partial charge in [0, 0.05) is 26.3 Å². The Morgan fingerprint density at radius 2 is 1.61 bits per heavy atom. The molecule has 0 bridgehead atoms. The van der Waals surface area contributed by atoms with Crippen molar-refractivity contribution in [2.75, 3.05) is 32.6 Å². The number of benzene rings is 2. The van der Waals surface area contributed by atoms with Crippen LogP contribution in [0.4, 0.5) is 10.5 Å². The zero-order chi connectivity index (χ0) is 26.6. The molecule has 0 radical (unpaired) electrons. The van der Waals surface area contributed by atoms with Gasteiger partial charge in [0.25, 0.3) is 0 Å². The van der Waals surface area contributed by atoms with Crippen LogP contribution >= 0.6 is 0 Å². The molecule has 3 rings (SSSR count). The average molecular weight is 520 g/mol. The van der Waals surface area contributed by atoms with Gasteiger partial charge < -0.3 is 19.5 Å². The Hall–Kier alpha value is -3.64. The summed E-state index contributed by atoms with van der Waals surface area (Å²) < 4.78 is 38.1. The van der Waals surface area contributed by atoms with Gasteiger partial charge in [0.2, 0.25) is 15.9 Å². The van der Waals surface area contributed by atoms with Crippen molar-refractivity contribution in [2.24, 2.45) is 0 Å². The Morgan fingerprint density at radius 3 is 2.14 bits per heavy atom. The minimum atomic E-state index is -4.03. The first-order valence-corrected chi connectivity index (χ1v) is 12.6. The zero-order valence-electron chi connectivity index (χ0n) is 20.4. The Kier molecular flexibility index (Phi) is 8.21. The molecule has 0 aromatic heterocycles. The topological polar surface area (TPSA) is 134 Å². The number of ether oxygens (including phenoxy) is 2. The molecule has 1 N–H and O–H groups in total. The molecule has 0 aliphatic carbocycles. The molecule has 2 aromatic carbocycles. The van der Waals surface area contributed by atoms with E-state index in [1.54, 1.807) is 0 Å². The molecule has 1 aliphatic heterocycles. The van der Waals surface area contributed by atoms with Crippen LogP contribution < -0.4 is 14.4 Å². The maximum Gasteiger partial charge on any atom is 0.414 e. The minimum Gasteiger partial charge on any atom is -0.497 e. The number of nitrogens with zero attached hydrogens (tertiary/aromatic N) is 3. The van der Waals surface area contributed by atoms with Gasteiger partial charge in [-0.15, -0.1) is 0 Å². The maximum atomic E-state index is 13.7. The van der Waals surface area contributed by atoms with Crippen molar-refractivity contribution in [2.45, 2.75) is 36.7 Å². The lowest BCUT2D eigenvalue weighted by molar-refractivity contribution is -0.140. The lowest BCUT2D eigenvalue weighted by Gasteiger charge is -2.32. The molecular weight excluding hydrogens is 490 g/mol. The Balaban J connectivity index is 1.92. The summed E-state index contributed by atoms with van der Waals surface area (Å²) in [5.41, 5.74) is 0.230. The van der Waals surface area contributed by atoms with E-state index in [0.717, 1.165) is 9.21 Å². The van der Waals surface area contributed by atoms with E-state index in [2.05, 4.69) is 0 Å². The summed E-state index contributed by atoms with van der Waals surface area (Å²) >= 11 is 0.